The topological polar surface area (TPSA) is 54.6 Å². The fourth-order valence-electron chi connectivity index (χ4n) is 2.41. The molecule has 2 aromatic heterocycles. The Bertz CT molecular complexity index is 609. The van der Waals surface area contributed by atoms with Crippen molar-refractivity contribution in [2.24, 2.45) is 5.41 Å². The molecule has 17 heavy (non-hydrogen) atoms. The van der Waals surface area contributed by atoms with Crippen LogP contribution in [-0.2, 0) is 12.8 Å². The minimum atomic E-state index is -0.954. The maximum absolute atomic E-state index is 10.9. The Labute approximate surface area is 103 Å². The van der Waals surface area contributed by atoms with Crippen molar-refractivity contribution in [3.63, 3.8) is 0 Å². The van der Waals surface area contributed by atoms with Gasteiger partial charge < -0.3 is 5.11 Å². The van der Waals surface area contributed by atoms with Gasteiger partial charge in [0.2, 0.25) is 0 Å². The molecule has 1 aliphatic carbocycles. The summed E-state index contributed by atoms with van der Waals surface area (Å²) in [7, 11) is 0. The van der Waals surface area contributed by atoms with Crippen LogP contribution in [-0.4, -0.2) is 20.5 Å². The first-order chi connectivity index (χ1) is 7.96. The number of hydrogen-bond donors (Lipinski definition) is 1. The third-order valence-corrected chi connectivity index (χ3v) is 4.55. The van der Waals surface area contributed by atoms with Gasteiger partial charge >= 0.3 is 5.97 Å². The van der Waals surface area contributed by atoms with E-state index in [0.717, 1.165) is 17.8 Å². The van der Waals surface area contributed by atoms with Crippen LogP contribution in [0.1, 0.15) is 41.3 Å². The predicted molar refractivity (Wildman–Crippen MR) is 65.8 cm³/mol. The summed E-state index contributed by atoms with van der Waals surface area (Å²) in [6.07, 6.45) is 4.92. The summed E-state index contributed by atoms with van der Waals surface area (Å²) >= 11 is 1.63. The minimum Gasteiger partial charge on any atom is -0.476 e. The molecule has 1 N–H and O–H groups in total. The van der Waals surface area contributed by atoms with E-state index in [0.29, 0.717) is 5.41 Å². The third-order valence-electron chi connectivity index (χ3n) is 3.39. The molecule has 0 fully saturated rings. The highest BCUT2D eigenvalue weighted by Gasteiger charge is 2.29. The van der Waals surface area contributed by atoms with E-state index in [-0.39, 0.29) is 5.69 Å². The Hall–Kier alpha value is -1.36. The van der Waals surface area contributed by atoms with E-state index in [9.17, 15) is 4.79 Å². The Kier molecular flexibility index (Phi) is 2.10. The van der Waals surface area contributed by atoms with E-state index in [1.807, 2.05) is 4.40 Å². The van der Waals surface area contributed by atoms with Gasteiger partial charge in [0.15, 0.2) is 10.7 Å². The smallest absolute Gasteiger partial charge is 0.356 e. The number of carboxylic acid groups (broad SMARTS) is 1. The fraction of sp³-hybridized carbons (Fsp3) is 0.500. The number of rotatable bonds is 1. The molecule has 0 bridgehead atoms. The lowest BCUT2D eigenvalue weighted by molar-refractivity contribution is 0.0691. The van der Waals surface area contributed by atoms with Gasteiger partial charge in [-0.15, -0.1) is 11.3 Å². The zero-order valence-electron chi connectivity index (χ0n) is 9.86. The van der Waals surface area contributed by atoms with Crippen LogP contribution in [0.4, 0.5) is 0 Å². The van der Waals surface area contributed by atoms with Crippen LogP contribution >= 0.6 is 11.3 Å². The summed E-state index contributed by atoms with van der Waals surface area (Å²) in [6, 6.07) is 0. The zero-order chi connectivity index (χ0) is 12.2. The van der Waals surface area contributed by atoms with Crippen molar-refractivity contribution in [3.05, 3.63) is 22.5 Å². The number of imidazole rings is 1. The van der Waals surface area contributed by atoms with E-state index in [2.05, 4.69) is 18.8 Å². The van der Waals surface area contributed by atoms with Gasteiger partial charge in [-0.3, -0.25) is 4.40 Å². The summed E-state index contributed by atoms with van der Waals surface area (Å²) < 4.78 is 1.96. The number of aryl methyl sites for hydroxylation is 1. The summed E-state index contributed by atoms with van der Waals surface area (Å²) in [4.78, 5) is 17.2. The third kappa shape index (κ3) is 1.65. The molecule has 0 saturated heterocycles. The second-order valence-electron chi connectivity index (χ2n) is 5.40. The monoisotopic (exact) mass is 250 g/mol. The Morgan fingerprint density at radius 3 is 3.06 bits per heavy atom. The van der Waals surface area contributed by atoms with Crippen molar-refractivity contribution in [2.75, 3.05) is 0 Å². The summed E-state index contributed by atoms with van der Waals surface area (Å²) in [5, 5.41) is 8.94. The second-order valence-corrected chi connectivity index (χ2v) is 6.46. The molecule has 0 saturated carbocycles. The summed E-state index contributed by atoms with van der Waals surface area (Å²) in [5.74, 6) is -0.954. The van der Waals surface area contributed by atoms with E-state index in [4.69, 9.17) is 5.11 Å². The van der Waals surface area contributed by atoms with E-state index in [1.54, 1.807) is 17.5 Å². The Morgan fingerprint density at radius 2 is 2.35 bits per heavy atom. The lowest BCUT2D eigenvalue weighted by atomic mass is 9.79. The van der Waals surface area contributed by atoms with Gasteiger partial charge in [-0.1, -0.05) is 13.8 Å². The fourth-order valence-corrected chi connectivity index (χ4v) is 3.53. The quantitative estimate of drug-likeness (QED) is 0.846. The lowest BCUT2D eigenvalue weighted by Gasteiger charge is -2.29. The van der Waals surface area contributed by atoms with Crippen LogP contribution in [0.15, 0.2) is 6.20 Å². The van der Waals surface area contributed by atoms with Crippen molar-refractivity contribution in [2.45, 2.75) is 33.1 Å². The van der Waals surface area contributed by atoms with Crippen LogP contribution in [0.3, 0.4) is 0 Å². The molecule has 0 atom stereocenters. The molecule has 0 radical (unpaired) electrons. The summed E-state index contributed by atoms with van der Waals surface area (Å²) in [5.41, 5.74) is 1.69. The maximum atomic E-state index is 10.9. The van der Waals surface area contributed by atoms with Crippen LogP contribution in [0, 0.1) is 5.41 Å². The second kappa shape index (κ2) is 3.32. The molecule has 2 aromatic rings. The number of fused-ring (bicyclic) bond motifs is 3. The number of aromatic nitrogens is 2. The van der Waals surface area contributed by atoms with Crippen LogP contribution in [0.25, 0.3) is 4.96 Å². The largest absolute Gasteiger partial charge is 0.476 e. The van der Waals surface area contributed by atoms with E-state index >= 15 is 0 Å². The van der Waals surface area contributed by atoms with Crippen molar-refractivity contribution >= 4 is 22.3 Å². The highest BCUT2D eigenvalue weighted by Crippen LogP contribution is 2.38. The molecule has 0 unspecified atom stereocenters. The average Bonchev–Trinajstić information content (AvgIpc) is 2.75. The molecule has 0 spiro atoms. The molecule has 2 heterocycles. The van der Waals surface area contributed by atoms with Gasteiger partial charge in [0.25, 0.3) is 0 Å². The summed E-state index contributed by atoms with van der Waals surface area (Å²) in [6.45, 7) is 4.52. The van der Waals surface area contributed by atoms with Gasteiger partial charge in [0, 0.05) is 16.8 Å². The van der Waals surface area contributed by atoms with Crippen molar-refractivity contribution in [1.82, 2.24) is 9.38 Å². The van der Waals surface area contributed by atoms with Gasteiger partial charge in [-0.25, -0.2) is 9.78 Å². The SMILES string of the molecule is CC1(C)CCc2sc3nc(C(=O)O)cn3c2C1. The van der Waals surface area contributed by atoms with E-state index < -0.39 is 5.97 Å². The van der Waals surface area contributed by atoms with Crippen molar-refractivity contribution in [3.8, 4) is 0 Å². The molecule has 0 amide bonds. The molecule has 0 aromatic carbocycles. The number of carbonyl (C=O) groups is 1. The highest BCUT2D eigenvalue weighted by atomic mass is 32.1. The van der Waals surface area contributed by atoms with Gasteiger partial charge in [-0.05, 0) is 24.7 Å². The molecule has 4 nitrogen and oxygen atoms in total. The number of carboxylic acids is 1. The van der Waals surface area contributed by atoms with Gasteiger partial charge in [-0.2, -0.15) is 0 Å². The van der Waals surface area contributed by atoms with E-state index in [1.165, 1.54) is 17.0 Å². The Morgan fingerprint density at radius 1 is 1.59 bits per heavy atom. The number of aromatic carboxylic acids is 1. The molecule has 90 valence electrons. The maximum Gasteiger partial charge on any atom is 0.356 e. The van der Waals surface area contributed by atoms with Crippen LogP contribution in [0.5, 0.6) is 0 Å². The number of hydrogen-bond acceptors (Lipinski definition) is 3. The van der Waals surface area contributed by atoms with Crippen molar-refractivity contribution in [1.29, 1.82) is 0 Å². The standard InChI is InChI=1S/C12H14N2O2S/c1-12(2)4-3-9-8(5-12)14-6-7(10(15)16)13-11(14)17-9/h6H,3-5H2,1-2H3,(H,15,16). The lowest BCUT2D eigenvalue weighted by Crippen LogP contribution is -2.22. The molecule has 0 aliphatic heterocycles. The average molecular weight is 250 g/mol. The first-order valence-electron chi connectivity index (χ1n) is 5.69. The molecule has 3 rings (SSSR count). The Balaban J connectivity index is 2.16. The first kappa shape index (κ1) is 10.8. The highest BCUT2D eigenvalue weighted by molar-refractivity contribution is 7.17. The molecular formula is C12H14N2O2S. The normalized spacial score (nSPS) is 18.2. The predicted octanol–water partition coefficient (Wildman–Crippen LogP) is 2.61. The molecule has 5 heteroatoms. The minimum absolute atomic E-state index is 0.141. The van der Waals surface area contributed by atoms with Crippen LogP contribution < -0.4 is 0 Å². The molecular weight excluding hydrogens is 236 g/mol. The van der Waals surface area contributed by atoms with Gasteiger partial charge in [0.05, 0.1) is 0 Å². The number of thiazole rings is 1. The van der Waals surface area contributed by atoms with Crippen molar-refractivity contribution < 1.29 is 9.90 Å². The van der Waals surface area contributed by atoms with Crippen LogP contribution in [0.2, 0.25) is 0 Å². The first-order valence-corrected chi connectivity index (χ1v) is 6.51. The van der Waals surface area contributed by atoms with Gasteiger partial charge in [0.1, 0.15) is 0 Å². The number of nitrogens with zero attached hydrogens (tertiary/aromatic N) is 2. The zero-order valence-corrected chi connectivity index (χ0v) is 10.7. The molecule has 1 aliphatic rings.